The summed E-state index contributed by atoms with van der Waals surface area (Å²) in [6, 6.07) is 6.47. The monoisotopic (exact) mass is 373 g/mol. The van der Waals surface area contributed by atoms with Crippen LogP contribution in [0.25, 0.3) is 0 Å². The minimum absolute atomic E-state index is 0.0507. The molecule has 1 heterocycles. The van der Waals surface area contributed by atoms with Crippen molar-refractivity contribution in [3.63, 3.8) is 0 Å². The summed E-state index contributed by atoms with van der Waals surface area (Å²) in [4.78, 5) is 0.230. The number of sulfonamides is 1. The summed E-state index contributed by atoms with van der Waals surface area (Å²) in [6.07, 6.45) is 1.03. The molecular weight excluding hydrogens is 346 g/mol. The van der Waals surface area contributed by atoms with E-state index in [1.54, 1.807) is 12.1 Å². The van der Waals surface area contributed by atoms with Crippen molar-refractivity contribution in [2.75, 3.05) is 18.1 Å². The molecule has 0 aromatic heterocycles. The van der Waals surface area contributed by atoms with Gasteiger partial charge in [-0.05, 0) is 36.0 Å². The minimum Gasteiger partial charge on any atom is -0.229 e. The second kappa shape index (κ2) is 6.77. The molecule has 1 fully saturated rings. The van der Waals surface area contributed by atoms with E-state index in [9.17, 15) is 16.8 Å². The molecule has 7 heteroatoms. The molecule has 2 rings (SSSR count). The number of benzene rings is 1. The molecule has 1 saturated heterocycles. The molecule has 0 spiro atoms. The lowest BCUT2D eigenvalue weighted by atomic mass is 9.87. The van der Waals surface area contributed by atoms with Crippen LogP contribution in [0.4, 0.5) is 0 Å². The third-order valence-electron chi connectivity index (χ3n) is 4.39. The maximum absolute atomic E-state index is 13.0. The highest BCUT2D eigenvalue weighted by atomic mass is 32.2. The zero-order valence-electron chi connectivity index (χ0n) is 14.8. The van der Waals surface area contributed by atoms with Crippen molar-refractivity contribution in [2.45, 2.75) is 56.9 Å². The van der Waals surface area contributed by atoms with Gasteiger partial charge >= 0.3 is 0 Å². The van der Waals surface area contributed by atoms with Crippen molar-refractivity contribution in [3.8, 4) is 0 Å². The van der Waals surface area contributed by atoms with Crippen LogP contribution in [-0.2, 0) is 25.3 Å². The quantitative estimate of drug-likeness (QED) is 0.795. The molecule has 0 amide bonds. The summed E-state index contributed by atoms with van der Waals surface area (Å²) in [5.74, 6) is -0.0112. The van der Waals surface area contributed by atoms with Crippen molar-refractivity contribution < 1.29 is 16.8 Å². The first kappa shape index (κ1) is 19.4. The molecule has 1 aliphatic heterocycles. The highest BCUT2D eigenvalue weighted by Gasteiger charge is 2.38. The summed E-state index contributed by atoms with van der Waals surface area (Å²) in [5.41, 5.74) is 1.01. The second-order valence-corrected chi connectivity index (χ2v) is 11.6. The molecule has 1 aliphatic rings. The van der Waals surface area contributed by atoms with Gasteiger partial charge in [-0.25, -0.2) is 16.8 Å². The molecule has 1 atom stereocenters. The van der Waals surface area contributed by atoms with Gasteiger partial charge in [0.2, 0.25) is 10.0 Å². The number of hydrogen-bond acceptors (Lipinski definition) is 4. The van der Waals surface area contributed by atoms with E-state index in [-0.39, 0.29) is 21.8 Å². The standard InChI is InChI=1S/C17H27NO4S2/c1-5-11-18(15-10-12-23(19,20)13-15)24(21,22)16-8-6-14(7-9-16)17(2,3)4/h6-9,15H,5,10-13H2,1-4H3. The van der Waals surface area contributed by atoms with Crippen molar-refractivity contribution >= 4 is 19.9 Å². The zero-order chi connectivity index (χ0) is 18.2. The Bertz CT molecular complexity index is 775. The van der Waals surface area contributed by atoms with Crippen LogP contribution in [-0.4, -0.2) is 45.2 Å². The van der Waals surface area contributed by atoms with Crippen LogP contribution in [0.2, 0.25) is 0 Å². The first-order valence-corrected chi connectivity index (χ1v) is 11.6. The predicted molar refractivity (Wildman–Crippen MR) is 96.4 cm³/mol. The fraction of sp³-hybridized carbons (Fsp3) is 0.647. The fourth-order valence-electron chi connectivity index (χ4n) is 2.98. The van der Waals surface area contributed by atoms with Gasteiger partial charge in [0, 0.05) is 12.6 Å². The van der Waals surface area contributed by atoms with Gasteiger partial charge in [0.05, 0.1) is 16.4 Å². The van der Waals surface area contributed by atoms with Crippen LogP contribution in [0.15, 0.2) is 29.2 Å². The van der Waals surface area contributed by atoms with Gasteiger partial charge in [-0.2, -0.15) is 4.31 Å². The van der Waals surface area contributed by atoms with Gasteiger partial charge < -0.3 is 0 Å². The predicted octanol–water partition coefficient (Wildman–Crippen LogP) is 2.57. The second-order valence-electron chi connectivity index (χ2n) is 7.45. The van der Waals surface area contributed by atoms with Gasteiger partial charge in [0.15, 0.2) is 9.84 Å². The molecule has 0 bridgehead atoms. The molecule has 1 aromatic carbocycles. The van der Waals surface area contributed by atoms with Crippen LogP contribution in [0.1, 0.15) is 46.1 Å². The van der Waals surface area contributed by atoms with Crippen molar-refractivity contribution in [2.24, 2.45) is 0 Å². The van der Waals surface area contributed by atoms with Crippen LogP contribution < -0.4 is 0 Å². The smallest absolute Gasteiger partial charge is 0.229 e. The van der Waals surface area contributed by atoms with E-state index in [0.717, 1.165) is 5.56 Å². The van der Waals surface area contributed by atoms with E-state index in [1.807, 2.05) is 19.1 Å². The fourth-order valence-corrected chi connectivity index (χ4v) is 6.56. The van der Waals surface area contributed by atoms with Crippen LogP contribution in [0, 0.1) is 0 Å². The largest absolute Gasteiger partial charge is 0.243 e. The first-order chi connectivity index (χ1) is 11.0. The molecule has 0 N–H and O–H groups in total. The molecule has 1 unspecified atom stereocenters. The lowest BCUT2D eigenvalue weighted by Crippen LogP contribution is -2.41. The zero-order valence-corrected chi connectivity index (χ0v) is 16.5. The number of rotatable bonds is 5. The van der Waals surface area contributed by atoms with Crippen LogP contribution in [0.3, 0.4) is 0 Å². The van der Waals surface area contributed by atoms with E-state index < -0.39 is 25.9 Å². The van der Waals surface area contributed by atoms with E-state index in [0.29, 0.717) is 19.4 Å². The average Bonchev–Trinajstić information content (AvgIpc) is 2.83. The Morgan fingerprint density at radius 2 is 1.75 bits per heavy atom. The Balaban J connectivity index is 2.35. The normalized spacial score (nSPS) is 21.3. The Hall–Kier alpha value is -0.920. The third kappa shape index (κ3) is 4.18. The summed E-state index contributed by atoms with van der Waals surface area (Å²) >= 11 is 0. The van der Waals surface area contributed by atoms with E-state index in [4.69, 9.17) is 0 Å². The van der Waals surface area contributed by atoms with Gasteiger partial charge in [-0.15, -0.1) is 0 Å². The van der Waals surface area contributed by atoms with Gasteiger partial charge in [-0.3, -0.25) is 0 Å². The Morgan fingerprint density at radius 3 is 2.17 bits per heavy atom. The SMILES string of the molecule is CCCN(C1CCS(=O)(=O)C1)S(=O)(=O)c1ccc(C(C)(C)C)cc1. The minimum atomic E-state index is -3.69. The van der Waals surface area contributed by atoms with Crippen molar-refractivity contribution in [1.29, 1.82) is 0 Å². The molecule has 0 saturated carbocycles. The molecular formula is C17H27NO4S2. The highest BCUT2D eigenvalue weighted by molar-refractivity contribution is 7.92. The Kier molecular flexibility index (Phi) is 5.47. The number of nitrogens with zero attached hydrogens (tertiary/aromatic N) is 1. The third-order valence-corrected chi connectivity index (χ3v) is 8.10. The molecule has 24 heavy (non-hydrogen) atoms. The topological polar surface area (TPSA) is 71.5 Å². The lowest BCUT2D eigenvalue weighted by molar-refractivity contribution is 0.340. The molecule has 5 nitrogen and oxygen atoms in total. The Morgan fingerprint density at radius 1 is 1.17 bits per heavy atom. The van der Waals surface area contributed by atoms with E-state index in [2.05, 4.69) is 20.8 Å². The summed E-state index contributed by atoms with van der Waals surface area (Å²) in [6.45, 7) is 8.45. The molecule has 136 valence electrons. The molecule has 1 aromatic rings. The van der Waals surface area contributed by atoms with Gasteiger partial charge in [0.1, 0.15) is 0 Å². The van der Waals surface area contributed by atoms with Crippen molar-refractivity contribution in [1.82, 2.24) is 4.31 Å². The van der Waals surface area contributed by atoms with Crippen LogP contribution in [0.5, 0.6) is 0 Å². The summed E-state index contributed by atoms with van der Waals surface area (Å²) in [5, 5.41) is 0. The highest BCUT2D eigenvalue weighted by Crippen LogP contribution is 2.28. The van der Waals surface area contributed by atoms with E-state index >= 15 is 0 Å². The van der Waals surface area contributed by atoms with Gasteiger partial charge in [0.25, 0.3) is 0 Å². The molecule has 0 radical (unpaired) electrons. The molecule has 0 aliphatic carbocycles. The number of sulfone groups is 1. The maximum atomic E-state index is 13.0. The van der Waals surface area contributed by atoms with E-state index in [1.165, 1.54) is 4.31 Å². The summed E-state index contributed by atoms with van der Waals surface area (Å²) < 4.78 is 50.9. The first-order valence-electron chi connectivity index (χ1n) is 8.30. The maximum Gasteiger partial charge on any atom is 0.243 e. The Labute approximate surface area is 146 Å². The number of hydrogen-bond donors (Lipinski definition) is 0. The average molecular weight is 374 g/mol. The van der Waals surface area contributed by atoms with Crippen LogP contribution >= 0.6 is 0 Å². The summed E-state index contributed by atoms with van der Waals surface area (Å²) in [7, 11) is -6.82. The van der Waals surface area contributed by atoms with Crippen molar-refractivity contribution in [3.05, 3.63) is 29.8 Å². The lowest BCUT2D eigenvalue weighted by Gasteiger charge is -2.27. The van der Waals surface area contributed by atoms with Gasteiger partial charge in [-0.1, -0.05) is 39.8 Å².